The molecule has 8 heteroatoms. The monoisotopic (exact) mass is 418 g/mol. The van der Waals surface area contributed by atoms with Crippen LogP contribution in [-0.4, -0.2) is 54.8 Å². The van der Waals surface area contributed by atoms with Gasteiger partial charge in [-0.25, -0.2) is 9.59 Å². The highest BCUT2D eigenvalue weighted by Gasteiger charge is 2.27. The molecule has 1 N–H and O–H groups in total. The lowest BCUT2D eigenvalue weighted by Gasteiger charge is -2.33. The van der Waals surface area contributed by atoms with Crippen LogP contribution in [0.1, 0.15) is 45.6 Å². The maximum atomic E-state index is 12.1. The zero-order valence-electron chi connectivity index (χ0n) is 17.9. The van der Waals surface area contributed by atoms with Crippen molar-refractivity contribution in [2.24, 2.45) is 5.92 Å². The lowest BCUT2D eigenvalue weighted by Crippen LogP contribution is -2.42. The van der Waals surface area contributed by atoms with Crippen LogP contribution >= 0.6 is 0 Å². The van der Waals surface area contributed by atoms with E-state index in [1.807, 2.05) is 26.8 Å². The Kier molecular flexibility index (Phi) is 6.84. The molecule has 1 fully saturated rings. The molecule has 2 heterocycles. The molecule has 0 saturated carbocycles. The summed E-state index contributed by atoms with van der Waals surface area (Å²) in [5, 5.41) is 2.81. The number of amides is 2. The number of benzene rings is 1. The van der Waals surface area contributed by atoms with Crippen molar-refractivity contribution >= 4 is 23.7 Å². The van der Waals surface area contributed by atoms with E-state index >= 15 is 0 Å². The standard InChI is InChI=1S/C22H30N2O6/c1-22(2,3)30-21(27)24-10-8-15(9-11-24)13-29-20(26)14-28-17-5-6-18-16(12-17)4-7-19(25)23-18/h5-6,12,15H,4,7-11,13-14H2,1-3H3,(H,23,25). The van der Waals surface area contributed by atoms with E-state index in [4.69, 9.17) is 14.2 Å². The molecule has 2 amide bonds. The van der Waals surface area contributed by atoms with Crippen LogP contribution in [-0.2, 0) is 25.5 Å². The molecule has 2 aliphatic rings. The van der Waals surface area contributed by atoms with Gasteiger partial charge in [-0.2, -0.15) is 0 Å². The Balaban J connectivity index is 1.36. The van der Waals surface area contributed by atoms with Crippen LogP contribution in [0.5, 0.6) is 5.75 Å². The summed E-state index contributed by atoms with van der Waals surface area (Å²) in [6.45, 7) is 6.89. The summed E-state index contributed by atoms with van der Waals surface area (Å²) < 4.78 is 16.3. The minimum Gasteiger partial charge on any atom is -0.482 e. The van der Waals surface area contributed by atoms with Gasteiger partial charge in [0.2, 0.25) is 5.91 Å². The Bertz CT molecular complexity index is 793. The number of hydrogen-bond donors (Lipinski definition) is 1. The molecule has 1 aromatic carbocycles. The van der Waals surface area contributed by atoms with E-state index < -0.39 is 11.6 Å². The van der Waals surface area contributed by atoms with Gasteiger partial charge in [-0.3, -0.25) is 4.79 Å². The molecule has 164 valence electrons. The molecule has 2 aliphatic heterocycles. The molecule has 0 aromatic heterocycles. The normalized spacial score (nSPS) is 17.0. The largest absolute Gasteiger partial charge is 0.482 e. The van der Waals surface area contributed by atoms with E-state index in [-0.39, 0.29) is 24.5 Å². The maximum absolute atomic E-state index is 12.1. The number of carbonyl (C=O) groups excluding carboxylic acids is 3. The molecule has 30 heavy (non-hydrogen) atoms. The molecule has 8 nitrogen and oxygen atoms in total. The van der Waals surface area contributed by atoms with Crippen molar-refractivity contribution in [2.45, 2.75) is 52.1 Å². The number of anilines is 1. The summed E-state index contributed by atoms with van der Waals surface area (Å²) >= 11 is 0. The van der Waals surface area contributed by atoms with Gasteiger partial charge in [-0.1, -0.05) is 0 Å². The van der Waals surface area contributed by atoms with Crippen LogP contribution in [0.4, 0.5) is 10.5 Å². The molecular formula is C22H30N2O6. The molecule has 0 bridgehead atoms. The highest BCUT2D eigenvalue weighted by molar-refractivity contribution is 5.94. The van der Waals surface area contributed by atoms with Crippen LogP contribution in [0, 0.1) is 5.92 Å². The van der Waals surface area contributed by atoms with E-state index in [9.17, 15) is 14.4 Å². The molecule has 0 aliphatic carbocycles. The number of piperidine rings is 1. The molecule has 3 rings (SSSR count). The van der Waals surface area contributed by atoms with E-state index in [2.05, 4.69) is 5.32 Å². The van der Waals surface area contributed by atoms with Crippen molar-refractivity contribution in [1.82, 2.24) is 4.90 Å². The summed E-state index contributed by atoms with van der Waals surface area (Å²) in [6, 6.07) is 5.35. The highest BCUT2D eigenvalue weighted by Crippen LogP contribution is 2.27. The number of rotatable bonds is 5. The third-order valence-corrected chi connectivity index (χ3v) is 5.08. The summed E-state index contributed by atoms with van der Waals surface area (Å²) in [5.41, 5.74) is 1.28. The highest BCUT2D eigenvalue weighted by atomic mass is 16.6. The molecule has 1 saturated heterocycles. The average Bonchev–Trinajstić information content (AvgIpc) is 2.69. The summed E-state index contributed by atoms with van der Waals surface area (Å²) in [4.78, 5) is 37.2. The predicted octanol–water partition coefficient (Wildman–Crippen LogP) is 3.14. The predicted molar refractivity (Wildman–Crippen MR) is 110 cm³/mol. The number of carbonyl (C=O) groups is 3. The zero-order chi connectivity index (χ0) is 21.7. The van der Waals surface area contributed by atoms with E-state index in [0.29, 0.717) is 38.3 Å². The van der Waals surface area contributed by atoms with Crippen LogP contribution < -0.4 is 10.1 Å². The fourth-order valence-electron chi connectivity index (χ4n) is 3.45. The van der Waals surface area contributed by atoms with Gasteiger partial charge in [0.25, 0.3) is 0 Å². The van der Waals surface area contributed by atoms with Crippen LogP contribution in [0.15, 0.2) is 18.2 Å². The first-order chi connectivity index (χ1) is 14.2. The lowest BCUT2D eigenvalue weighted by molar-refractivity contribution is -0.147. The van der Waals surface area contributed by atoms with Crippen molar-refractivity contribution in [3.8, 4) is 5.75 Å². The van der Waals surface area contributed by atoms with Crippen molar-refractivity contribution < 1.29 is 28.6 Å². The topological polar surface area (TPSA) is 94.2 Å². The molecule has 0 radical (unpaired) electrons. The van der Waals surface area contributed by atoms with Crippen LogP contribution in [0.25, 0.3) is 0 Å². The first kappa shape index (κ1) is 21.9. The number of nitrogens with one attached hydrogen (secondary N) is 1. The first-order valence-electron chi connectivity index (χ1n) is 10.4. The Hall–Kier alpha value is -2.77. The Morgan fingerprint density at radius 2 is 1.90 bits per heavy atom. The van der Waals surface area contributed by atoms with Crippen LogP contribution in [0.2, 0.25) is 0 Å². The van der Waals surface area contributed by atoms with Gasteiger partial charge < -0.3 is 24.4 Å². The van der Waals surface area contributed by atoms with Gasteiger partial charge in [0.05, 0.1) is 6.61 Å². The molecule has 1 aromatic rings. The maximum Gasteiger partial charge on any atom is 0.410 e. The lowest BCUT2D eigenvalue weighted by atomic mass is 9.98. The first-order valence-corrected chi connectivity index (χ1v) is 10.4. The summed E-state index contributed by atoms with van der Waals surface area (Å²) in [6.07, 6.45) is 2.35. The quantitative estimate of drug-likeness (QED) is 0.739. The minimum absolute atomic E-state index is 0.0108. The fourth-order valence-corrected chi connectivity index (χ4v) is 3.45. The van der Waals surface area contributed by atoms with Crippen molar-refractivity contribution in [2.75, 3.05) is 31.6 Å². The zero-order valence-corrected chi connectivity index (χ0v) is 17.9. The third kappa shape index (κ3) is 6.37. The van der Waals surface area contributed by atoms with E-state index in [1.54, 1.807) is 17.0 Å². The fraction of sp³-hybridized carbons (Fsp3) is 0.591. The van der Waals surface area contributed by atoms with Gasteiger partial charge in [-0.05, 0) is 69.7 Å². The number of aryl methyl sites for hydroxylation is 1. The van der Waals surface area contributed by atoms with Crippen molar-refractivity contribution in [1.29, 1.82) is 0 Å². The van der Waals surface area contributed by atoms with Gasteiger partial charge >= 0.3 is 12.1 Å². The third-order valence-electron chi connectivity index (χ3n) is 5.08. The van der Waals surface area contributed by atoms with Gasteiger partial charge in [0.1, 0.15) is 11.4 Å². The Labute approximate surface area is 176 Å². The average molecular weight is 418 g/mol. The SMILES string of the molecule is CC(C)(C)OC(=O)N1CCC(COC(=O)COc2ccc3c(c2)CCC(=O)N3)CC1. The van der Waals surface area contributed by atoms with Gasteiger partial charge in [0, 0.05) is 25.2 Å². The minimum atomic E-state index is -0.505. The number of fused-ring (bicyclic) bond motifs is 1. The second-order valence-electron chi connectivity index (χ2n) is 8.75. The second kappa shape index (κ2) is 9.36. The van der Waals surface area contributed by atoms with Gasteiger partial charge in [-0.15, -0.1) is 0 Å². The molecule has 0 unspecified atom stereocenters. The second-order valence-corrected chi connectivity index (χ2v) is 8.75. The van der Waals surface area contributed by atoms with Crippen molar-refractivity contribution in [3.05, 3.63) is 23.8 Å². The molecular weight excluding hydrogens is 388 g/mol. The van der Waals surface area contributed by atoms with E-state index in [1.165, 1.54) is 0 Å². The van der Waals surface area contributed by atoms with Crippen molar-refractivity contribution in [3.63, 3.8) is 0 Å². The summed E-state index contributed by atoms with van der Waals surface area (Å²) in [7, 11) is 0. The molecule has 0 atom stereocenters. The Morgan fingerprint density at radius 1 is 1.17 bits per heavy atom. The number of nitrogens with zero attached hydrogens (tertiary/aromatic N) is 1. The smallest absolute Gasteiger partial charge is 0.410 e. The molecule has 0 spiro atoms. The number of esters is 1. The van der Waals surface area contributed by atoms with Gasteiger partial charge in [0.15, 0.2) is 6.61 Å². The van der Waals surface area contributed by atoms with E-state index in [0.717, 1.165) is 24.1 Å². The summed E-state index contributed by atoms with van der Waals surface area (Å²) in [5.74, 6) is 0.389. The Morgan fingerprint density at radius 3 is 2.60 bits per heavy atom. The van der Waals surface area contributed by atoms with Crippen LogP contribution in [0.3, 0.4) is 0 Å². The number of ether oxygens (including phenoxy) is 3. The number of hydrogen-bond acceptors (Lipinski definition) is 6. The number of likely N-dealkylation sites (tertiary alicyclic amines) is 1.